The number of ether oxygens (including phenoxy) is 2. The fourth-order valence-corrected chi connectivity index (χ4v) is 11.3. The summed E-state index contributed by atoms with van der Waals surface area (Å²) < 4.78 is 113. The van der Waals surface area contributed by atoms with Gasteiger partial charge in [-0.05, 0) is 6.07 Å². The first-order valence-electron chi connectivity index (χ1n) is 14.2. The van der Waals surface area contributed by atoms with E-state index in [0.717, 1.165) is 23.2 Å². The van der Waals surface area contributed by atoms with Crippen LogP contribution in [0.15, 0.2) is 28.2 Å². The van der Waals surface area contributed by atoms with Crippen LogP contribution < -0.4 is 22.8 Å². The first kappa shape index (κ1) is 46.6. The molecule has 2 aromatic rings. The molecule has 2 aliphatic heterocycles. The highest BCUT2D eigenvalue weighted by Crippen LogP contribution is 2.69. The summed E-state index contributed by atoms with van der Waals surface area (Å²) in [5.41, 5.74) is 8.50. The maximum atomic E-state index is 12.9. The lowest BCUT2D eigenvalue weighted by Crippen LogP contribution is -2.37. The average Bonchev–Trinajstić information content (AvgIpc) is 3.50. The van der Waals surface area contributed by atoms with Crippen molar-refractivity contribution >= 4 is 58.7 Å². The molecule has 0 spiro atoms. The third-order valence-corrected chi connectivity index (χ3v) is 14.7. The van der Waals surface area contributed by atoms with Crippen molar-refractivity contribution in [2.45, 2.75) is 49.4 Å². The lowest BCUT2D eigenvalue weighted by atomic mass is 10.1. The molecule has 0 amide bonds. The Morgan fingerprint density at radius 3 is 1.82 bits per heavy atom. The average molecular weight is 933 g/mol. The Hall–Kier alpha value is -2.05. The van der Waals surface area contributed by atoms with Crippen LogP contribution in [0.25, 0.3) is 0 Å². The third-order valence-electron chi connectivity index (χ3n) is 6.58. The minimum atomic E-state index is -6.28. The van der Waals surface area contributed by atoms with Crippen molar-refractivity contribution in [3.8, 4) is 0 Å². The van der Waals surface area contributed by atoms with Gasteiger partial charge in [0, 0.05) is 12.6 Å². The van der Waals surface area contributed by atoms with E-state index >= 15 is 0 Å². The van der Waals surface area contributed by atoms with Crippen molar-refractivity contribution in [1.82, 2.24) is 24.1 Å². The molecule has 33 nitrogen and oxygen atoms in total. The van der Waals surface area contributed by atoms with Crippen LogP contribution in [0.5, 0.6) is 0 Å². The molecule has 0 aliphatic carbocycles. The summed E-state index contributed by atoms with van der Waals surface area (Å²) in [6.07, 6.45) is -11.9. The molecule has 0 aromatic carbocycles. The van der Waals surface area contributed by atoms with E-state index in [1.54, 1.807) is 0 Å². The number of hydrogen-bond acceptors (Lipinski definition) is 24. The fraction of sp³-hybridized carbons (Fsp3) is 0.588. The first-order chi connectivity index (χ1) is 25.5. The summed E-state index contributed by atoms with van der Waals surface area (Å²) in [6.45, 7) is -2.62. The predicted octanol–water partition coefficient (Wildman–Crippen LogP) is -2.95. The smallest absolute Gasteiger partial charge is 0.390 e. The van der Waals surface area contributed by atoms with Gasteiger partial charge in [0.1, 0.15) is 42.8 Å². The molecular formula is C17H29N7O26P6. The zero-order chi connectivity index (χ0) is 42.2. The summed E-state index contributed by atoms with van der Waals surface area (Å²) in [6, 6.07) is 0.982. The molecule has 5 unspecified atom stereocenters. The number of rotatable bonds is 18. The van der Waals surface area contributed by atoms with Crippen LogP contribution in [-0.2, 0) is 67.7 Å². The van der Waals surface area contributed by atoms with E-state index in [2.05, 4.69) is 45.8 Å². The summed E-state index contributed by atoms with van der Waals surface area (Å²) in [5.74, 6) is -0.735. The van der Waals surface area contributed by atoms with Gasteiger partial charge in [0.25, 0.3) is 0 Å². The van der Waals surface area contributed by atoms with Crippen LogP contribution in [0.2, 0.25) is 0 Å². The number of nitrogen functional groups attached to an aromatic ring is 2. The van der Waals surface area contributed by atoms with Crippen LogP contribution >= 0.6 is 46.9 Å². The van der Waals surface area contributed by atoms with Crippen molar-refractivity contribution < 1.29 is 112 Å². The predicted molar refractivity (Wildman–Crippen MR) is 170 cm³/mol. The molecular weight excluding hydrogens is 904 g/mol. The van der Waals surface area contributed by atoms with Gasteiger partial charge < -0.3 is 65.4 Å². The number of hydrogen-bond donors (Lipinski definition) is 11. The van der Waals surface area contributed by atoms with E-state index in [1.807, 2.05) is 0 Å². The Morgan fingerprint density at radius 1 is 0.732 bits per heavy atom. The van der Waals surface area contributed by atoms with E-state index in [1.165, 1.54) is 0 Å². The zero-order valence-corrected chi connectivity index (χ0v) is 32.3. The Kier molecular flexibility index (Phi) is 14.4. The second kappa shape index (κ2) is 17.3. The number of phosphoric ester groups is 3. The zero-order valence-electron chi connectivity index (χ0n) is 26.9. The lowest BCUT2D eigenvalue weighted by Gasteiger charge is -2.24. The maximum Gasteiger partial charge on any atom is 0.490 e. The highest BCUT2D eigenvalue weighted by Gasteiger charge is 2.53. The molecule has 2 saturated heterocycles. The van der Waals surface area contributed by atoms with Gasteiger partial charge in [-0.2, -0.15) is 27.2 Å². The van der Waals surface area contributed by atoms with Gasteiger partial charge >= 0.3 is 58.3 Å². The van der Waals surface area contributed by atoms with E-state index in [9.17, 15) is 71.7 Å². The maximum absolute atomic E-state index is 12.9. The second-order valence-electron chi connectivity index (χ2n) is 10.8. The van der Waals surface area contributed by atoms with Gasteiger partial charge in [-0.15, -0.1) is 0 Å². The van der Waals surface area contributed by atoms with E-state index in [-0.39, 0.29) is 18.2 Å². The quantitative estimate of drug-likeness (QED) is 0.0666. The fourth-order valence-electron chi connectivity index (χ4n) is 4.53. The van der Waals surface area contributed by atoms with Gasteiger partial charge in [-0.25, -0.2) is 42.0 Å². The van der Waals surface area contributed by atoms with Crippen LogP contribution in [0, 0.1) is 0 Å². The standard InChI is InChI=1S/C17H29N7O26P6/c18-10-1-2-23(16(27)21-10)14-12(26)13(9(45-14)5-43-53(34,35)48-55(38,39)47-51(29,30)31)46-54(36,37)50-56(40,41)49-52(32,33)42-4-8-7(25)3-11(44-8)24-6-20-15(19)22-17(24)28/h1-2,6-9,11-14,25-26H,3-5H2,(H,32,33)(H,34,35)(H,36,37)(H,38,39)(H,40,41)(H2,18,21,27)(H2,19,22,28)(H2,29,30,31)/t7-,8+,9+,11+,12+,13+,14+/m0/s1. The molecule has 56 heavy (non-hydrogen) atoms. The molecule has 318 valence electrons. The molecule has 2 fully saturated rings. The number of aromatic nitrogens is 5. The number of phosphoric acid groups is 6. The minimum Gasteiger partial charge on any atom is -0.390 e. The normalized spacial score (nSPS) is 29.8. The van der Waals surface area contributed by atoms with Crippen LogP contribution in [0.3, 0.4) is 0 Å². The molecule has 2 aromatic heterocycles. The molecule has 0 radical (unpaired) electrons. The number of anilines is 2. The van der Waals surface area contributed by atoms with Gasteiger partial charge in [-0.1, -0.05) is 0 Å². The second-order valence-corrected chi connectivity index (χ2v) is 19.8. The molecule has 0 bridgehead atoms. The molecule has 4 heterocycles. The number of nitrogens with two attached hydrogens (primary N) is 2. The van der Waals surface area contributed by atoms with Gasteiger partial charge in [0.2, 0.25) is 5.95 Å². The topological polar surface area (TPSA) is 502 Å². The van der Waals surface area contributed by atoms with E-state index in [4.69, 9.17) is 30.7 Å². The summed E-state index contributed by atoms with van der Waals surface area (Å²) >= 11 is 0. The Morgan fingerprint density at radius 2 is 1.27 bits per heavy atom. The third kappa shape index (κ3) is 13.2. The monoisotopic (exact) mass is 933 g/mol. The Balaban J connectivity index is 1.45. The summed E-state index contributed by atoms with van der Waals surface area (Å²) in [7, 11) is -36.1. The van der Waals surface area contributed by atoms with Crippen molar-refractivity contribution in [2.24, 2.45) is 0 Å². The van der Waals surface area contributed by atoms with Crippen LogP contribution in [0.1, 0.15) is 18.9 Å². The lowest BCUT2D eigenvalue weighted by molar-refractivity contribution is -0.0540. The van der Waals surface area contributed by atoms with Gasteiger partial charge in [0.15, 0.2) is 6.23 Å². The first-order valence-corrected chi connectivity index (χ1v) is 23.2. The van der Waals surface area contributed by atoms with Gasteiger partial charge in [0.05, 0.1) is 19.3 Å². The van der Waals surface area contributed by atoms with Crippen LogP contribution in [0.4, 0.5) is 11.8 Å². The highest BCUT2D eigenvalue weighted by molar-refractivity contribution is 7.67. The molecule has 2 aliphatic rings. The summed E-state index contributed by atoms with van der Waals surface area (Å²) in [5, 5.41) is 21.1. The largest absolute Gasteiger partial charge is 0.490 e. The van der Waals surface area contributed by atoms with Gasteiger partial charge in [-0.3, -0.25) is 22.7 Å². The number of aliphatic hydroxyl groups excluding tert-OH is 2. The van der Waals surface area contributed by atoms with Crippen molar-refractivity contribution in [3.63, 3.8) is 0 Å². The molecule has 4 rings (SSSR count). The van der Waals surface area contributed by atoms with Crippen molar-refractivity contribution in [2.75, 3.05) is 24.7 Å². The Bertz CT molecular complexity index is 2180. The SMILES string of the molecule is Nc1ccn([C@@H]2O[C@H](COP(=O)(O)OP(=O)(O)OP(=O)(O)O)[C@@H](OP(=O)(O)OP(=O)(O)OP(=O)(O)OC[C@H]3O[C@@H](n4cnc(N)nc4=O)C[C@@H]3O)[C@H]2O)c(=O)n1. The van der Waals surface area contributed by atoms with Crippen LogP contribution in [-0.4, -0.2) is 112 Å². The van der Waals surface area contributed by atoms with E-state index < -0.39 is 115 Å². The highest BCUT2D eigenvalue weighted by atomic mass is 31.3. The van der Waals surface area contributed by atoms with E-state index in [0.29, 0.717) is 4.57 Å². The molecule has 0 saturated carbocycles. The molecule has 12 atom stereocenters. The number of aliphatic hydroxyl groups is 2. The summed E-state index contributed by atoms with van der Waals surface area (Å²) in [4.78, 5) is 102. The number of nitrogens with zero attached hydrogens (tertiary/aromatic N) is 5. The van der Waals surface area contributed by atoms with Crippen molar-refractivity contribution in [3.05, 3.63) is 39.6 Å². The minimum absolute atomic E-state index is 0.326. The molecule has 39 heteroatoms. The molecule has 13 N–H and O–H groups in total. The Labute approximate surface area is 308 Å². The van der Waals surface area contributed by atoms with Crippen molar-refractivity contribution in [1.29, 1.82) is 0 Å².